The molecule has 0 fully saturated rings. The highest BCUT2D eigenvalue weighted by atomic mass is 79.9. The predicted octanol–water partition coefficient (Wildman–Crippen LogP) is 6.36. The predicted molar refractivity (Wildman–Crippen MR) is 127 cm³/mol. The average Bonchev–Trinajstić information content (AvgIpc) is 3.22. The van der Waals surface area contributed by atoms with E-state index in [-0.39, 0.29) is 18.1 Å². The van der Waals surface area contributed by atoms with Crippen molar-refractivity contribution in [2.45, 2.75) is 52.7 Å². The maximum Gasteiger partial charge on any atom is 0.408 e. The number of nitrogens with zero attached hydrogens (tertiary/aromatic N) is 1. The summed E-state index contributed by atoms with van der Waals surface area (Å²) in [6.45, 7) is 6.90. The van der Waals surface area contributed by atoms with Crippen LogP contribution in [-0.4, -0.2) is 16.1 Å². The Morgan fingerprint density at radius 2 is 1.84 bits per heavy atom. The fourth-order valence-corrected chi connectivity index (χ4v) is 3.53. The molecule has 1 amide bonds. The second-order valence-electron chi connectivity index (χ2n) is 8.58. The van der Waals surface area contributed by atoms with E-state index < -0.39 is 6.09 Å². The van der Waals surface area contributed by atoms with Crippen molar-refractivity contribution in [2.24, 2.45) is 5.41 Å². The van der Waals surface area contributed by atoms with Gasteiger partial charge in [-0.1, -0.05) is 85.6 Å². The first-order chi connectivity index (χ1) is 14.8. The molecule has 0 radical (unpaired) electrons. The summed E-state index contributed by atoms with van der Waals surface area (Å²) >= 11 is 3.47. The molecule has 1 atom stereocenters. The number of rotatable bonds is 9. The van der Waals surface area contributed by atoms with E-state index in [1.807, 2.05) is 60.8 Å². The standard InChI is InChI=1S/C25H30BrN3O2/c1-4-25(2,3)15-21-16-27-23(28-21)22(14-18-10-12-20(26)13-11-18)29-24(30)31-17-19-8-6-5-7-9-19/h5-13,16,22H,4,14-15,17H2,1-3H3,(H,27,28)(H,29,30). The molecule has 0 aliphatic rings. The molecule has 0 saturated heterocycles. The number of carbonyl (C=O) groups excluding carboxylic acids is 1. The van der Waals surface area contributed by atoms with Crippen LogP contribution in [0.15, 0.2) is 65.3 Å². The van der Waals surface area contributed by atoms with Gasteiger partial charge in [-0.15, -0.1) is 0 Å². The lowest BCUT2D eigenvalue weighted by Crippen LogP contribution is -2.31. The number of nitrogens with one attached hydrogen (secondary N) is 2. The van der Waals surface area contributed by atoms with Crippen molar-refractivity contribution in [2.75, 3.05) is 0 Å². The smallest absolute Gasteiger partial charge is 0.408 e. The Morgan fingerprint density at radius 1 is 1.13 bits per heavy atom. The van der Waals surface area contributed by atoms with E-state index in [4.69, 9.17) is 4.74 Å². The second kappa shape index (κ2) is 10.6. The number of halogens is 1. The van der Waals surface area contributed by atoms with Crippen molar-refractivity contribution in [1.82, 2.24) is 15.3 Å². The molecule has 1 heterocycles. The zero-order chi connectivity index (χ0) is 22.3. The number of aromatic amines is 1. The highest BCUT2D eigenvalue weighted by Crippen LogP contribution is 2.26. The van der Waals surface area contributed by atoms with E-state index in [1.165, 1.54) is 0 Å². The Hall–Kier alpha value is -2.60. The number of carbonyl (C=O) groups is 1. The fourth-order valence-electron chi connectivity index (χ4n) is 3.26. The molecule has 2 N–H and O–H groups in total. The third-order valence-corrected chi connectivity index (χ3v) is 5.99. The number of hydrogen-bond donors (Lipinski definition) is 2. The molecule has 1 aromatic heterocycles. The molecule has 3 rings (SSSR count). The van der Waals surface area contributed by atoms with Crippen LogP contribution >= 0.6 is 15.9 Å². The highest BCUT2D eigenvalue weighted by molar-refractivity contribution is 9.10. The number of amides is 1. The summed E-state index contributed by atoms with van der Waals surface area (Å²) in [5, 5.41) is 2.99. The van der Waals surface area contributed by atoms with Gasteiger partial charge in [0.1, 0.15) is 12.4 Å². The minimum absolute atomic E-state index is 0.188. The summed E-state index contributed by atoms with van der Waals surface area (Å²) in [4.78, 5) is 20.6. The van der Waals surface area contributed by atoms with E-state index >= 15 is 0 Å². The molecule has 2 aromatic carbocycles. The normalized spacial score (nSPS) is 12.4. The minimum atomic E-state index is -0.460. The van der Waals surface area contributed by atoms with Crippen molar-refractivity contribution in [1.29, 1.82) is 0 Å². The molecule has 31 heavy (non-hydrogen) atoms. The summed E-state index contributed by atoms with van der Waals surface area (Å²) < 4.78 is 6.46. The van der Waals surface area contributed by atoms with Gasteiger partial charge in [0.2, 0.25) is 0 Å². The van der Waals surface area contributed by atoms with Crippen LogP contribution in [0.4, 0.5) is 4.79 Å². The van der Waals surface area contributed by atoms with Crippen molar-refractivity contribution in [3.8, 4) is 0 Å². The van der Waals surface area contributed by atoms with Crippen LogP contribution in [-0.2, 0) is 24.2 Å². The monoisotopic (exact) mass is 483 g/mol. The van der Waals surface area contributed by atoms with E-state index in [1.54, 1.807) is 0 Å². The number of ether oxygens (including phenoxy) is 1. The summed E-state index contributed by atoms with van der Waals surface area (Å²) in [6, 6.07) is 17.4. The maximum atomic E-state index is 12.5. The molecule has 1 unspecified atom stereocenters. The van der Waals surface area contributed by atoms with Crippen LogP contribution in [0, 0.1) is 5.41 Å². The molecule has 6 heteroatoms. The van der Waals surface area contributed by atoms with E-state index in [0.29, 0.717) is 6.42 Å². The highest BCUT2D eigenvalue weighted by Gasteiger charge is 2.22. The zero-order valence-corrected chi connectivity index (χ0v) is 19.9. The van der Waals surface area contributed by atoms with E-state index in [2.05, 4.69) is 52.0 Å². The largest absolute Gasteiger partial charge is 0.445 e. The number of hydrogen-bond acceptors (Lipinski definition) is 3. The van der Waals surface area contributed by atoms with Gasteiger partial charge >= 0.3 is 6.09 Å². The minimum Gasteiger partial charge on any atom is -0.445 e. The number of aromatic nitrogens is 2. The van der Waals surface area contributed by atoms with Gasteiger partial charge in [0.25, 0.3) is 0 Å². The van der Waals surface area contributed by atoms with Crippen LogP contribution in [0.1, 0.15) is 55.9 Å². The molecule has 3 aromatic rings. The van der Waals surface area contributed by atoms with Gasteiger partial charge in [0, 0.05) is 22.8 Å². The van der Waals surface area contributed by atoms with Crippen molar-refractivity contribution in [3.63, 3.8) is 0 Å². The fraction of sp³-hybridized carbons (Fsp3) is 0.360. The van der Waals surface area contributed by atoms with Gasteiger partial charge < -0.3 is 15.0 Å². The SMILES string of the molecule is CCC(C)(C)Cc1cnc(C(Cc2ccc(Br)cc2)NC(=O)OCc2ccccc2)[nH]1. The summed E-state index contributed by atoms with van der Waals surface area (Å²) in [5.74, 6) is 0.737. The average molecular weight is 484 g/mol. The van der Waals surface area contributed by atoms with Gasteiger partial charge in [-0.3, -0.25) is 0 Å². The molecule has 0 saturated carbocycles. The molecular weight excluding hydrogens is 454 g/mol. The van der Waals surface area contributed by atoms with Gasteiger partial charge in [-0.2, -0.15) is 0 Å². The van der Waals surface area contributed by atoms with Crippen LogP contribution < -0.4 is 5.32 Å². The van der Waals surface area contributed by atoms with Crippen LogP contribution in [0.3, 0.4) is 0 Å². The summed E-state index contributed by atoms with van der Waals surface area (Å²) in [6.07, 6.45) is 4.00. The number of H-pyrrole nitrogens is 1. The Morgan fingerprint density at radius 3 is 2.52 bits per heavy atom. The number of imidazole rings is 1. The van der Waals surface area contributed by atoms with E-state index in [9.17, 15) is 4.79 Å². The Balaban J connectivity index is 1.72. The Labute approximate surface area is 192 Å². The maximum absolute atomic E-state index is 12.5. The Kier molecular flexibility index (Phi) is 7.91. The van der Waals surface area contributed by atoms with Crippen molar-refractivity contribution >= 4 is 22.0 Å². The summed E-state index contributed by atoms with van der Waals surface area (Å²) in [5.41, 5.74) is 3.31. The first-order valence-corrected chi connectivity index (χ1v) is 11.4. The van der Waals surface area contributed by atoms with Crippen LogP contribution in [0.2, 0.25) is 0 Å². The third kappa shape index (κ3) is 7.24. The van der Waals surface area contributed by atoms with Crippen LogP contribution in [0.5, 0.6) is 0 Å². The zero-order valence-electron chi connectivity index (χ0n) is 18.3. The molecule has 0 aliphatic carbocycles. The lowest BCUT2D eigenvalue weighted by atomic mass is 9.85. The molecular formula is C25H30BrN3O2. The first-order valence-electron chi connectivity index (χ1n) is 10.6. The van der Waals surface area contributed by atoms with Gasteiger partial charge in [0.15, 0.2) is 0 Å². The van der Waals surface area contributed by atoms with Gasteiger partial charge in [0.05, 0.1) is 6.04 Å². The van der Waals surface area contributed by atoms with Crippen molar-refractivity contribution < 1.29 is 9.53 Å². The van der Waals surface area contributed by atoms with Gasteiger partial charge in [-0.05, 0) is 35.1 Å². The molecule has 164 valence electrons. The molecule has 0 aliphatic heterocycles. The lowest BCUT2D eigenvalue weighted by Gasteiger charge is -2.21. The van der Waals surface area contributed by atoms with Crippen LogP contribution in [0.25, 0.3) is 0 Å². The summed E-state index contributed by atoms with van der Waals surface area (Å²) in [7, 11) is 0. The number of benzene rings is 2. The van der Waals surface area contributed by atoms with E-state index in [0.717, 1.165) is 40.0 Å². The lowest BCUT2D eigenvalue weighted by molar-refractivity contribution is 0.135. The molecule has 0 bridgehead atoms. The molecule has 5 nitrogen and oxygen atoms in total. The van der Waals surface area contributed by atoms with Gasteiger partial charge in [-0.25, -0.2) is 9.78 Å². The molecule has 0 spiro atoms. The second-order valence-corrected chi connectivity index (χ2v) is 9.49. The third-order valence-electron chi connectivity index (χ3n) is 5.46. The van der Waals surface area contributed by atoms with Crippen molar-refractivity contribution in [3.05, 3.63) is 87.9 Å². The number of alkyl carbamates (subject to hydrolysis) is 1. The Bertz CT molecular complexity index is 968. The topological polar surface area (TPSA) is 67.0 Å². The first kappa shape index (κ1) is 23.1. The quantitative estimate of drug-likeness (QED) is 0.371.